The van der Waals surface area contributed by atoms with Crippen molar-refractivity contribution in [2.45, 2.75) is 30.2 Å². The van der Waals surface area contributed by atoms with Gasteiger partial charge in [0.25, 0.3) is 0 Å². The van der Waals surface area contributed by atoms with E-state index in [4.69, 9.17) is 0 Å². The standard InChI is InChI=1S/C20H28FN3O5S2/c21-17-3-5-19(6-4-17)31(28,29)24-8-1-2-16(14-24)20(25)23-11-9-22(10-12-23)18-7-13-30(26,27)15-18/h3-6,16,18H,1-2,7-15H2. The smallest absolute Gasteiger partial charge is 0.243 e. The van der Waals surface area contributed by atoms with Crippen LogP contribution in [-0.4, -0.2) is 93.7 Å². The molecule has 4 rings (SSSR count). The van der Waals surface area contributed by atoms with E-state index in [0.717, 1.165) is 12.1 Å². The maximum atomic E-state index is 13.2. The molecule has 0 bridgehead atoms. The average Bonchev–Trinajstić information content (AvgIpc) is 3.13. The molecule has 8 nitrogen and oxygen atoms in total. The Hall–Kier alpha value is -1.56. The van der Waals surface area contributed by atoms with E-state index in [1.165, 1.54) is 16.4 Å². The number of rotatable bonds is 4. The first-order valence-corrected chi connectivity index (χ1v) is 13.9. The Bertz CT molecular complexity index is 1020. The fraction of sp³-hybridized carbons (Fsp3) is 0.650. The van der Waals surface area contributed by atoms with Gasteiger partial charge in [0.15, 0.2) is 9.84 Å². The van der Waals surface area contributed by atoms with E-state index in [-0.39, 0.29) is 34.9 Å². The summed E-state index contributed by atoms with van der Waals surface area (Å²) in [6.07, 6.45) is 1.88. The van der Waals surface area contributed by atoms with Crippen LogP contribution >= 0.6 is 0 Å². The summed E-state index contributed by atoms with van der Waals surface area (Å²) in [5.41, 5.74) is 0. The van der Waals surface area contributed by atoms with E-state index >= 15 is 0 Å². The maximum Gasteiger partial charge on any atom is 0.243 e. The van der Waals surface area contributed by atoms with Crippen LogP contribution in [-0.2, 0) is 24.7 Å². The molecule has 1 aromatic carbocycles. The van der Waals surface area contributed by atoms with Gasteiger partial charge in [0.1, 0.15) is 5.82 Å². The summed E-state index contributed by atoms with van der Waals surface area (Å²) < 4.78 is 63.8. The molecule has 2 unspecified atom stereocenters. The minimum Gasteiger partial charge on any atom is -0.340 e. The summed E-state index contributed by atoms with van der Waals surface area (Å²) in [6, 6.07) is 4.77. The zero-order chi connectivity index (χ0) is 22.2. The predicted octanol–water partition coefficient (Wildman–Crippen LogP) is 0.558. The number of sulfonamides is 1. The fourth-order valence-corrected chi connectivity index (χ4v) is 8.03. The number of sulfone groups is 1. The van der Waals surface area contributed by atoms with Crippen LogP contribution in [0.25, 0.3) is 0 Å². The van der Waals surface area contributed by atoms with Crippen molar-refractivity contribution in [2.75, 3.05) is 50.8 Å². The van der Waals surface area contributed by atoms with Gasteiger partial charge in [0.2, 0.25) is 15.9 Å². The quantitative estimate of drug-likeness (QED) is 0.634. The average molecular weight is 474 g/mol. The van der Waals surface area contributed by atoms with Gasteiger partial charge in [-0.3, -0.25) is 9.69 Å². The van der Waals surface area contributed by atoms with Crippen molar-refractivity contribution in [3.8, 4) is 0 Å². The van der Waals surface area contributed by atoms with Gasteiger partial charge in [-0.2, -0.15) is 4.31 Å². The SMILES string of the molecule is O=C(C1CCCN(S(=O)(=O)c2ccc(F)cc2)C1)N1CCN(C2CCS(=O)(=O)C2)CC1. The van der Waals surface area contributed by atoms with Crippen LogP contribution in [0.4, 0.5) is 4.39 Å². The third-order valence-corrected chi connectivity index (χ3v) is 10.2. The first-order valence-electron chi connectivity index (χ1n) is 10.6. The Morgan fingerprint density at radius 3 is 2.29 bits per heavy atom. The summed E-state index contributed by atoms with van der Waals surface area (Å²) in [5.74, 6) is -0.517. The van der Waals surface area contributed by atoms with Crippen molar-refractivity contribution < 1.29 is 26.0 Å². The zero-order valence-electron chi connectivity index (χ0n) is 17.3. The van der Waals surface area contributed by atoms with Crippen LogP contribution in [0.5, 0.6) is 0 Å². The predicted molar refractivity (Wildman–Crippen MR) is 113 cm³/mol. The van der Waals surface area contributed by atoms with E-state index in [2.05, 4.69) is 4.90 Å². The Kier molecular flexibility index (Phi) is 6.39. The highest BCUT2D eigenvalue weighted by molar-refractivity contribution is 7.91. The Morgan fingerprint density at radius 1 is 1.00 bits per heavy atom. The van der Waals surface area contributed by atoms with Crippen LogP contribution < -0.4 is 0 Å². The monoisotopic (exact) mass is 473 g/mol. The molecule has 3 saturated heterocycles. The molecule has 0 saturated carbocycles. The molecule has 3 heterocycles. The van der Waals surface area contributed by atoms with Crippen molar-refractivity contribution in [3.63, 3.8) is 0 Å². The number of carbonyl (C=O) groups is 1. The van der Waals surface area contributed by atoms with E-state index in [1.807, 2.05) is 0 Å². The highest BCUT2D eigenvalue weighted by Crippen LogP contribution is 2.26. The highest BCUT2D eigenvalue weighted by Gasteiger charge is 2.38. The highest BCUT2D eigenvalue weighted by atomic mass is 32.2. The molecule has 172 valence electrons. The van der Waals surface area contributed by atoms with Gasteiger partial charge in [0, 0.05) is 45.3 Å². The van der Waals surface area contributed by atoms with E-state index in [1.54, 1.807) is 4.90 Å². The topological polar surface area (TPSA) is 95.1 Å². The number of benzene rings is 1. The van der Waals surface area contributed by atoms with Crippen LogP contribution in [0.1, 0.15) is 19.3 Å². The molecule has 3 aliphatic rings. The zero-order valence-corrected chi connectivity index (χ0v) is 19.0. The van der Waals surface area contributed by atoms with E-state index in [9.17, 15) is 26.0 Å². The van der Waals surface area contributed by atoms with Gasteiger partial charge in [-0.1, -0.05) is 0 Å². The molecule has 0 aromatic heterocycles. The minimum atomic E-state index is -3.78. The van der Waals surface area contributed by atoms with Crippen molar-refractivity contribution >= 4 is 25.8 Å². The third kappa shape index (κ3) is 4.94. The van der Waals surface area contributed by atoms with E-state index < -0.39 is 31.6 Å². The molecule has 0 aliphatic carbocycles. The number of hydrogen-bond donors (Lipinski definition) is 0. The van der Waals surface area contributed by atoms with Gasteiger partial charge < -0.3 is 4.90 Å². The van der Waals surface area contributed by atoms with Crippen LogP contribution in [0.2, 0.25) is 0 Å². The van der Waals surface area contributed by atoms with Crippen molar-refractivity contribution in [2.24, 2.45) is 5.92 Å². The normalized spacial score (nSPS) is 28.0. The Labute approximate surface area is 183 Å². The van der Waals surface area contributed by atoms with Gasteiger partial charge in [-0.25, -0.2) is 21.2 Å². The second-order valence-corrected chi connectivity index (χ2v) is 12.7. The molecule has 11 heteroatoms. The number of piperidine rings is 1. The van der Waals surface area contributed by atoms with Crippen molar-refractivity contribution in [1.82, 2.24) is 14.1 Å². The van der Waals surface area contributed by atoms with Gasteiger partial charge in [0.05, 0.1) is 22.3 Å². The molecule has 0 N–H and O–H groups in total. The maximum absolute atomic E-state index is 13.2. The number of amides is 1. The van der Waals surface area contributed by atoms with Crippen LogP contribution in [0, 0.1) is 11.7 Å². The van der Waals surface area contributed by atoms with Crippen molar-refractivity contribution in [1.29, 1.82) is 0 Å². The number of halogens is 1. The summed E-state index contributed by atoms with van der Waals surface area (Å²) in [5, 5.41) is 0. The van der Waals surface area contributed by atoms with Crippen LogP contribution in [0.3, 0.4) is 0 Å². The Morgan fingerprint density at radius 2 is 1.68 bits per heavy atom. The molecule has 31 heavy (non-hydrogen) atoms. The third-order valence-electron chi connectivity index (χ3n) is 6.54. The van der Waals surface area contributed by atoms with Gasteiger partial charge in [-0.15, -0.1) is 0 Å². The molecule has 3 aliphatic heterocycles. The lowest BCUT2D eigenvalue weighted by Gasteiger charge is -2.40. The number of piperazine rings is 1. The number of carbonyl (C=O) groups excluding carboxylic acids is 1. The van der Waals surface area contributed by atoms with E-state index in [0.29, 0.717) is 52.0 Å². The molecule has 1 aromatic rings. The van der Waals surface area contributed by atoms with Crippen LogP contribution in [0.15, 0.2) is 29.2 Å². The second kappa shape index (κ2) is 8.76. The Balaban J connectivity index is 1.35. The summed E-state index contributed by atoms with van der Waals surface area (Å²) in [4.78, 5) is 17.0. The van der Waals surface area contributed by atoms with Gasteiger partial charge in [-0.05, 0) is 43.5 Å². The molecule has 3 fully saturated rings. The summed E-state index contributed by atoms with van der Waals surface area (Å²) in [6.45, 7) is 2.78. The fourth-order valence-electron chi connectivity index (χ4n) is 4.75. The largest absolute Gasteiger partial charge is 0.340 e. The first kappa shape index (κ1) is 22.6. The molecule has 0 spiro atoms. The lowest BCUT2D eigenvalue weighted by atomic mass is 9.97. The lowest BCUT2D eigenvalue weighted by Crippen LogP contribution is -2.55. The summed E-state index contributed by atoms with van der Waals surface area (Å²) >= 11 is 0. The summed E-state index contributed by atoms with van der Waals surface area (Å²) in [7, 11) is -6.72. The second-order valence-electron chi connectivity index (χ2n) is 8.57. The molecular formula is C20H28FN3O5S2. The minimum absolute atomic E-state index is 0.0297. The molecule has 1 amide bonds. The first-order chi connectivity index (χ1) is 14.7. The van der Waals surface area contributed by atoms with Gasteiger partial charge >= 0.3 is 0 Å². The number of nitrogens with zero attached hydrogens (tertiary/aromatic N) is 3. The molecule has 0 radical (unpaired) electrons. The number of hydrogen-bond acceptors (Lipinski definition) is 6. The molecule has 2 atom stereocenters. The molecular weight excluding hydrogens is 445 g/mol. The lowest BCUT2D eigenvalue weighted by molar-refractivity contribution is -0.138. The van der Waals surface area contributed by atoms with Crippen molar-refractivity contribution in [3.05, 3.63) is 30.1 Å².